The van der Waals surface area contributed by atoms with Crippen molar-refractivity contribution in [1.29, 1.82) is 0 Å². The van der Waals surface area contributed by atoms with E-state index in [1.807, 2.05) is 6.92 Å². The van der Waals surface area contributed by atoms with Gasteiger partial charge in [-0.15, -0.1) is 5.10 Å². The van der Waals surface area contributed by atoms with Gasteiger partial charge in [0.2, 0.25) is 5.82 Å². The van der Waals surface area contributed by atoms with E-state index in [2.05, 4.69) is 15.2 Å². The topological polar surface area (TPSA) is 119 Å². The van der Waals surface area contributed by atoms with E-state index in [-0.39, 0.29) is 24.1 Å². The highest BCUT2D eigenvalue weighted by molar-refractivity contribution is 5.67. The predicted molar refractivity (Wildman–Crippen MR) is 71.8 cm³/mol. The summed E-state index contributed by atoms with van der Waals surface area (Å²) in [5.74, 6) is -0.378. The number of carboxylic acids is 1. The number of hydrogen-bond acceptors (Lipinski definition) is 5. The summed E-state index contributed by atoms with van der Waals surface area (Å²) in [5, 5.41) is 14.9. The minimum Gasteiger partial charge on any atom is -0.481 e. The standard InChI is InChI=1S/C12H18N4O4/c1-7(5-9(17)18)8-3-2-4-16(6-8)10-11(19)13-12(20)15-14-10/h7-8H,2-6H2,1H3,(H,17,18)(H2,13,15,19,20). The molecule has 2 atom stereocenters. The first kappa shape index (κ1) is 14.3. The zero-order chi connectivity index (χ0) is 14.7. The second-order valence-electron chi connectivity index (χ2n) is 5.25. The Bertz CT molecular complexity index is 594. The van der Waals surface area contributed by atoms with Crippen LogP contribution < -0.4 is 16.1 Å². The molecule has 0 spiro atoms. The van der Waals surface area contributed by atoms with Crippen LogP contribution in [0.15, 0.2) is 9.59 Å². The molecule has 1 aliphatic rings. The van der Waals surface area contributed by atoms with Crippen molar-refractivity contribution in [2.24, 2.45) is 11.8 Å². The van der Waals surface area contributed by atoms with Gasteiger partial charge in [-0.3, -0.25) is 14.6 Å². The van der Waals surface area contributed by atoms with Gasteiger partial charge < -0.3 is 10.0 Å². The molecule has 1 aromatic heterocycles. The van der Waals surface area contributed by atoms with Crippen molar-refractivity contribution in [3.8, 4) is 0 Å². The average molecular weight is 282 g/mol. The molecule has 3 N–H and O–H groups in total. The summed E-state index contributed by atoms with van der Waals surface area (Å²) in [6.45, 7) is 3.17. The molecular formula is C12H18N4O4. The number of nitrogens with one attached hydrogen (secondary N) is 2. The van der Waals surface area contributed by atoms with E-state index in [0.29, 0.717) is 13.1 Å². The Labute approximate surface area is 114 Å². The monoisotopic (exact) mass is 282 g/mol. The number of rotatable bonds is 4. The Morgan fingerprint density at radius 3 is 2.95 bits per heavy atom. The normalized spacial score (nSPS) is 20.6. The zero-order valence-electron chi connectivity index (χ0n) is 11.3. The van der Waals surface area contributed by atoms with E-state index in [0.717, 1.165) is 12.8 Å². The minimum absolute atomic E-state index is 0.0390. The third-order valence-electron chi connectivity index (χ3n) is 3.75. The van der Waals surface area contributed by atoms with E-state index in [1.165, 1.54) is 0 Å². The highest BCUT2D eigenvalue weighted by Gasteiger charge is 2.27. The van der Waals surface area contributed by atoms with Crippen molar-refractivity contribution in [2.45, 2.75) is 26.2 Å². The molecule has 8 heteroatoms. The molecule has 0 amide bonds. The van der Waals surface area contributed by atoms with E-state index in [9.17, 15) is 14.4 Å². The molecule has 2 rings (SSSR count). The van der Waals surface area contributed by atoms with Crippen LogP contribution in [-0.4, -0.2) is 39.3 Å². The maximum atomic E-state index is 11.7. The molecular weight excluding hydrogens is 264 g/mol. The highest BCUT2D eigenvalue weighted by Crippen LogP contribution is 2.27. The summed E-state index contributed by atoms with van der Waals surface area (Å²) in [7, 11) is 0. The third kappa shape index (κ3) is 3.25. The number of aromatic amines is 2. The first-order valence-corrected chi connectivity index (χ1v) is 6.63. The molecule has 8 nitrogen and oxygen atoms in total. The summed E-state index contributed by atoms with van der Waals surface area (Å²) in [6, 6.07) is 0. The number of hydrogen-bond donors (Lipinski definition) is 3. The molecule has 110 valence electrons. The average Bonchev–Trinajstić information content (AvgIpc) is 2.38. The van der Waals surface area contributed by atoms with Gasteiger partial charge in [0.15, 0.2) is 0 Å². The van der Waals surface area contributed by atoms with Gasteiger partial charge in [0.1, 0.15) is 0 Å². The van der Waals surface area contributed by atoms with Crippen molar-refractivity contribution in [3.05, 3.63) is 20.8 Å². The van der Waals surface area contributed by atoms with Gasteiger partial charge in [-0.25, -0.2) is 9.89 Å². The van der Waals surface area contributed by atoms with Crippen molar-refractivity contribution in [3.63, 3.8) is 0 Å². The second kappa shape index (κ2) is 5.89. The van der Waals surface area contributed by atoms with E-state index in [4.69, 9.17) is 5.11 Å². The van der Waals surface area contributed by atoms with Crippen LogP contribution in [0.4, 0.5) is 5.82 Å². The zero-order valence-corrected chi connectivity index (χ0v) is 11.3. The number of carbonyl (C=O) groups is 1. The van der Waals surface area contributed by atoms with E-state index in [1.54, 1.807) is 4.90 Å². The van der Waals surface area contributed by atoms with E-state index >= 15 is 0 Å². The Morgan fingerprint density at radius 2 is 2.30 bits per heavy atom. The molecule has 1 aliphatic heterocycles. The summed E-state index contributed by atoms with van der Waals surface area (Å²) >= 11 is 0. The van der Waals surface area contributed by atoms with Crippen molar-refractivity contribution < 1.29 is 9.90 Å². The van der Waals surface area contributed by atoms with Crippen LogP contribution in [-0.2, 0) is 4.79 Å². The lowest BCUT2D eigenvalue weighted by atomic mass is 9.85. The number of anilines is 1. The van der Waals surface area contributed by atoms with Crippen LogP contribution in [0.5, 0.6) is 0 Å². The molecule has 20 heavy (non-hydrogen) atoms. The molecule has 0 saturated carbocycles. The fourth-order valence-electron chi connectivity index (χ4n) is 2.66. The SMILES string of the molecule is CC(CC(=O)O)C1CCCN(c2n[nH]c(=O)[nH]c2=O)C1. The Morgan fingerprint density at radius 1 is 1.55 bits per heavy atom. The first-order valence-electron chi connectivity index (χ1n) is 6.63. The maximum Gasteiger partial charge on any atom is 0.342 e. The fraction of sp³-hybridized carbons (Fsp3) is 0.667. The highest BCUT2D eigenvalue weighted by atomic mass is 16.4. The lowest BCUT2D eigenvalue weighted by Crippen LogP contribution is -2.42. The van der Waals surface area contributed by atoms with Crippen LogP contribution in [0.25, 0.3) is 0 Å². The summed E-state index contributed by atoms with van der Waals surface area (Å²) in [5.41, 5.74) is -1.15. The second-order valence-corrected chi connectivity index (χ2v) is 5.25. The van der Waals surface area contributed by atoms with Crippen LogP contribution in [0.1, 0.15) is 26.2 Å². The van der Waals surface area contributed by atoms with Crippen molar-refractivity contribution >= 4 is 11.8 Å². The van der Waals surface area contributed by atoms with E-state index < -0.39 is 17.2 Å². The molecule has 2 unspecified atom stereocenters. The smallest absolute Gasteiger partial charge is 0.342 e. The van der Waals surface area contributed by atoms with Gasteiger partial charge in [0.05, 0.1) is 0 Å². The molecule has 0 aromatic carbocycles. The molecule has 0 aliphatic carbocycles. The molecule has 1 aromatic rings. The number of aromatic nitrogens is 3. The summed E-state index contributed by atoms with van der Waals surface area (Å²) in [4.78, 5) is 37.4. The van der Waals surface area contributed by atoms with Gasteiger partial charge in [-0.2, -0.15) is 0 Å². The van der Waals surface area contributed by atoms with Gasteiger partial charge in [-0.1, -0.05) is 6.92 Å². The molecule has 1 fully saturated rings. The van der Waals surface area contributed by atoms with Gasteiger partial charge >= 0.3 is 11.7 Å². The largest absolute Gasteiger partial charge is 0.481 e. The van der Waals surface area contributed by atoms with Crippen LogP contribution in [0, 0.1) is 11.8 Å². The van der Waals surface area contributed by atoms with Crippen molar-refractivity contribution in [1.82, 2.24) is 15.2 Å². The Balaban J connectivity index is 2.12. The fourth-order valence-corrected chi connectivity index (χ4v) is 2.66. The first-order chi connectivity index (χ1) is 9.47. The Hall–Kier alpha value is -2.12. The minimum atomic E-state index is -0.811. The van der Waals surface area contributed by atoms with Crippen molar-refractivity contribution in [2.75, 3.05) is 18.0 Å². The summed E-state index contributed by atoms with van der Waals surface area (Å²) < 4.78 is 0. The molecule has 2 heterocycles. The van der Waals surface area contributed by atoms with Crippen LogP contribution >= 0.6 is 0 Å². The Kier molecular flexibility index (Phi) is 4.21. The third-order valence-corrected chi connectivity index (χ3v) is 3.75. The van der Waals surface area contributed by atoms with Gasteiger partial charge in [-0.05, 0) is 24.7 Å². The predicted octanol–water partition coefficient (Wildman–Crippen LogP) is -0.215. The molecule has 0 radical (unpaired) electrons. The number of nitrogens with zero attached hydrogens (tertiary/aromatic N) is 2. The number of H-pyrrole nitrogens is 2. The van der Waals surface area contributed by atoms with Gasteiger partial charge in [0.25, 0.3) is 5.56 Å². The van der Waals surface area contributed by atoms with Crippen LogP contribution in [0.3, 0.4) is 0 Å². The number of carboxylic acid groups (broad SMARTS) is 1. The van der Waals surface area contributed by atoms with Gasteiger partial charge in [0, 0.05) is 19.5 Å². The maximum absolute atomic E-state index is 11.7. The van der Waals surface area contributed by atoms with Crippen LogP contribution in [0.2, 0.25) is 0 Å². The number of aliphatic carboxylic acids is 1. The molecule has 1 saturated heterocycles. The number of piperidine rings is 1. The lowest BCUT2D eigenvalue weighted by molar-refractivity contribution is -0.138. The lowest BCUT2D eigenvalue weighted by Gasteiger charge is -2.35. The quantitative estimate of drug-likeness (QED) is 0.702. The molecule has 0 bridgehead atoms. The summed E-state index contributed by atoms with van der Waals surface area (Å²) in [6.07, 6.45) is 1.93.